The summed E-state index contributed by atoms with van der Waals surface area (Å²) >= 11 is 0. The summed E-state index contributed by atoms with van der Waals surface area (Å²) in [4.78, 5) is 23.7. The molecule has 113 valence electrons. The zero-order valence-electron chi connectivity index (χ0n) is 12.0. The minimum absolute atomic E-state index is 0.0958. The van der Waals surface area contributed by atoms with E-state index in [1.807, 2.05) is 0 Å². The third-order valence-electron chi connectivity index (χ3n) is 2.95. The molecular formula is C16H14NO5. The highest BCUT2D eigenvalue weighted by Gasteiger charge is 2.15. The van der Waals surface area contributed by atoms with Crippen molar-refractivity contribution < 1.29 is 24.2 Å². The van der Waals surface area contributed by atoms with Crippen LogP contribution in [-0.2, 0) is 4.74 Å². The lowest BCUT2D eigenvalue weighted by Crippen LogP contribution is -2.12. The molecule has 0 heterocycles. The van der Waals surface area contributed by atoms with Crippen molar-refractivity contribution in [1.29, 1.82) is 0 Å². The summed E-state index contributed by atoms with van der Waals surface area (Å²) in [5, 5.41) is 12.2. The minimum Gasteiger partial charge on any atom is -0.507 e. The molecule has 2 aromatic rings. The fourth-order valence-electron chi connectivity index (χ4n) is 1.85. The van der Waals surface area contributed by atoms with E-state index >= 15 is 0 Å². The fourth-order valence-corrected chi connectivity index (χ4v) is 1.85. The van der Waals surface area contributed by atoms with E-state index in [1.54, 1.807) is 0 Å². The fraction of sp³-hybridized carbons (Fsp3) is 0.125. The Morgan fingerprint density at radius 1 is 1.18 bits per heavy atom. The van der Waals surface area contributed by atoms with E-state index in [0.717, 1.165) is 0 Å². The summed E-state index contributed by atoms with van der Waals surface area (Å²) in [6, 6.07) is 11.5. The van der Waals surface area contributed by atoms with Crippen LogP contribution < -0.4 is 10.1 Å². The monoisotopic (exact) mass is 300 g/mol. The lowest BCUT2D eigenvalue weighted by atomic mass is 10.1. The normalized spacial score (nSPS) is 9.91. The number of methoxy groups -OCH3 is 2. The lowest BCUT2D eigenvalue weighted by molar-refractivity contribution is 0.0597. The van der Waals surface area contributed by atoms with Gasteiger partial charge in [-0.2, -0.15) is 0 Å². The maximum Gasteiger partial charge on any atom is 0.341 e. The maximum absolute atomic E-state index is 12.1. The topological polar surface area (TPSA) is 84.9 Å². The van der Waals surface area contributed by atoms with Crippen LogP contribution in [0.2, 0.25) is 0 Å². The quantitative estimate of drug-likeness (QED) is 0.846. The van der Waals surface area contributed by atoms with Gasteiger partial charge in [0.1, 0.15) is 17.1 Å². The van der Waals surface area contributed by atoms with Gasteiger partial charge >= 0.3 is 5.97 Å². The maximum atomic E-state index is 12.1. The van der Waals surface area contributed by atoms with Gasteiger partial charge in [0.15, 0.2) is 0 Å². The standard InChI is InChI=1S/C16H14NO5/c1-21-14-9-10(7-8-12(14)16(20)22-2)17-15(19)11-5-3-4-6-13(11)18/h4-9,18H,1-2H3,(H,17,19). The Morgan fingerprint density at radius 3 is 2.59 bits per heavy atom. The molecule has 0 aliphatic carbocycles. The molecule has 0 aliphatic heterocycles. The van der Waals surface area contributed by atoms with Crippen LogP contribution in [0, 0.1) is 6.07 Å². The first-order chi connectivity index (χ1) is 10.6. The van der Waals surface area contributed by atoms with Crippen LogP contribution >= 0.6 is 0 Å². The molecule has 0 bridgehead atoms. The molecule has 0 aromatic heterocycles. The third-order valence-corrected chi connectivity index (χ3v) is 2.95. The predicted octanol–water partition coefficient (Wildman–Crippen LogP) is 2.24. The number of esters is 1. The number of hydrogen-bond acceptors (Lipinski definition) is 5. The Kier molecular flexibility index (Phi) is 4.63. The SMILES string of the molecule is COC(=O)c1ccc(NC(=O)c2c[c]ccc2O)cc1OC. The van der Waals surface area contributed by atoms with Gasteiger partial charge in [0.05, 0.1) is 19.8 Å². The van der Waals surface area contributed by atoms with Crippen LogP contribution in [-0.4, -0.2) is 31.2 Å². The van der Waals surface area contributed by atoms with Crippen molar-refractivity contribution in [3.05, 3.63) is 53.6 Å². The molecule has 22 heavy (non-hydrogen) atoms. The van der Waals surface area contributed by atoms with Gasteiger partial charge in [-0.3, -0.25) is 4.79 Å². The third kappa shape index (κ3) is 3.17. The average Bonchev–Trinajstić information content (AvgIpc) is 2.54. The van der Waals surface area contributed by atoms with Crippen LogP contribution in [0.3, 0.4) is 0 Å². The summed E-state index contributed by atoms with van der Waals surface area (Å²) in [6.07, 6.45) is 0. The average molecular weight is 300 g/mol. The van der Waals surface area contributed by atoms with E-state index in [1.165, 1.54) is 50.6 Å². The van der Waals surface area contributed by atoms with Crippen molar-refractivity contribution in [2.24, 2.45) is 0 Å². The Hall–Kier alpha value is -3.02. The van der Waals surface area contributed by atoms with Crippen LogP contribution in [0.5, 0.6) is 11.5 Å². The smallest absolute Gasteiger partial charge is 0.341 e. The largest absolute Gasteiger partial charge is 0.507 e. The van der Waals surface area contributed by atoms with Crippen molar-refractivity contribution in [3.63, 3.8) is 0 Å². The molecule has 0 fully saturated rings. The van der Waals surface area contributed by atoms with Gasteiger partial charge in [-0.1, -0.05) is 6.07 Å². The number of carbonyl (C=O) groups is 2. The number of hydrogen-bond donors (Lipinski definition) is 2. The van der Waals surface area contributed by atoms with Gasteiger partial charge in [-0.15, -0.1) is 0 Å². The number of carbonyl (C=O) groups excluding carboxylic acids is 2. The number of aromatic hydroxyl groups is 1. The summed E-state index contributed by atoms with van der Waals surface area (Å²) < 4.78 is 9.75. The number of anilines is 1. The summed E-state index contributed by atoms with van der Waals surface area (Å²) in [5.74, 6) is -0.907. The number of phenolic OH excluding ortho intramolecular Hbond substituents is 1. The Bertz CT molecular complexity index is 711. The molecule has 0 saturated heterocycles. The molecule has 2 aromatic carbocycles. The highest BCUT2D eigenvalue weighted by Crippen LogP contribution is 2.25. The lowest BCUT2D eigenvalue weighted by Gasteiger charge is -2.11. The molecule has 0 unspecified atom stereocenters. The zero-order valence-corrected chi connectivity index (χ0v) is 12.0. The highest BCUT2D eigenvalue weighted by molar-refractivity contribution is 6.06. The molecule has 0 saturated carbocycles. The van der Waals surface area contributed by atoms with Crippen LogP contribution in [0.25, 0.3) is 0 Å². The van der Waals surface area contributed by atoms with E-state index < -0.39 is 11.9 Å². The summed E-state index contributed by atoms with van der Waals surface area (Å²) in [7, 11) is 2.68. The van der Waals surface area contributed by atoms with E-state index in [4.69, 9.17) is 4.74 Å². The van der Waals surface area contributed by atoms with E-state index in [2.05, 4.69) is 16.1 Å². The molecular weight excluding hydrogens is 286 g/mol. The van der Waals surface area contributed by atoms with E-state index in [-0.39, 0.29) is 22.6 Å². The number of phenols is 1. The summed E-state index contributed by atoms with van der Waals surface area (Å²) in [6.45, 7) is 0. The van der Waals surface area contributed by atoms with Gasteiger partial charge in [0.25, 0.3) is 5.91 Å². The molecule has 6 heteroatoms. The molecule has 0 aliphatic rings. The first kappa shape index (κ1) is 15.4. The van der Waals surface area contributed by atoms with Crippen LogP contribution in [0.15, 0.2) is 36.4 Å². The molecule has 1 radical (unpaired) electrons. The van der Waals surface area contributed by atoms with Crippen molar-refractivity contribution >= 4 is 17.6 Å². The van der Waals surface area contributed by atoms with Crippen molar-refractivity contribution in [1.82, 2.24) is 0 Å². The number of amides is 1. The molecule has 1 amide bonds. The number of nitrogens with one attached hydrogen (secondary N) is 1. The molecule has 2 N–H and O–H groups in total. The first-order valence-electron chi connectivity index (χ1n) is 6.33. The van der Waals surface area contributed by atoms with Gasteiger partial charge in [0.2, 0.25) is 0 Å². The van der Waals surface area contributed by atoms with Gasteiger partial charge in [-0.25, -0.2) is 4.79 Å². The number of ether oxygens (including phenoxy) is 2. The van der Waals surface area contributed by atoms with Gasteiger partial charge in [-0.05, 0) is 30.3 Å². The Balaban J connectivity index is 2.25. The highest BCUT2D eigenvalue weighted by atomic mass is 16.5. The predicted molar refractivity (Wildman–Crippen MR) is 79.2 cm³/mol. The first-order valence-corrected chi connectivity index (χ1v) is 6.33. The van der Waals surface area contributed by atoms with Crippen molar-refractivity contribution in [3.8, 4) is 11.5 Å². The molecule has 2 rings (SSSR count). The van der Waals surface area contributed by atoms with Crippen LogP contribution in [0.4, 0.5) is 5.69 Å². The van der Waals surface area contributed by atoms with Gasteiger partial charge < -0.3 is 19.9 Å². The Morgan fingerprint density at radius 2 is 1.95 bits per heavy atom. The zero-order chi connectivity index (χ0) is 16.1. The Labute approximate surface area is 127 Å². The second kappa shape index (κ2) is 6.62. The molecule has 0 atom stereocenters. The minimum atomic E-state index is -0.537. The van der Waals surface area contributed by atoms with Crippen molar-refractivity contribution in [2.45, 2.75) is 0 Å². The second-order valence-corrected chi connectivity index (χ2v) is 4.30. The van der Waals surface area contributed by atoms with E-state index in [9.17, 15) is 14.7 Å². The van der Waals surface area contributed by atoms with Crippen LogP contribution in [0.1, 0.15) is 20.7 Å². The number of benzene rings is 2. The molecule has 6 nitrogen and oxygen atoms in total. The number of rotatable bonds is 4. The second-order valence-electron chi connectivity index (χ2n) is 4.30. The van der Waals surface area contributed by atoms with E-state index in [0.29, 0.717) is 5.69 Å². The van der Waals surface area contributed by atoms with Crippen molar-refractivity contribution in [2.75, 3.05) is 19.5 Å². The van der Waals surface area contributed by atoms with Gasteiger partial charge in [0, 0.05) is 11.8 Å². The summed E-state index contributed by atoms with van der Waals surface area (Å²) in [5.41, 5.74) is 0.759. The molecule has 0 spiro atoms.